The largest absolute Gasteiger partial charge is 0.506 e. The van der Waals surface area contributed by atoms with E-state index in [4.69, 9.17) is 22.1 Å². The van der Waals surface area contributed by atoms with Gasteiger partial charge in [-0.1, -0.05) is 23.7 Å². The van der Waals surface area contributed by atoms with E-state index in [2.05, 4.69) is 15.9 Å². The van der Waals surface area contributed by atoms with Gasteiger partial charge < -0.3 is 20.5 Å². The third-order valence-corrected chi connectivity index (χ3v) is 6.10. The second kappa shape index (κ2) is 7.81. The van der Waals surface area contributed by atoms with Gasteiger partial charge in [-0.05, 0) is 57.9 Å². The van der Waals surface area contributed by atoms with E-state index >= 15 is 0 Å². The van der Waals surface area contributed by atoms with Crippen molar-refractivity contribution in [3.8, 4) is 11.5 Å². The third kappa shape index (κ3) is 3.38. The molecule has 0 spiro atoms. The normalized spacial score (nSPS) is 15.4. The van der Waals surface area contributed by atoms with Gasteiger partial charge in [0.05, 0.1) is 23.2 Å². The van der Waals surface area contributed by atoms with E-state index in [-0.39, 0.29) is 17.9 Å². The number of nitrogens with zero attached hydrogens (tertiary/aromatic N) is 1. The predicted molar refractivity (Wildman–Crippen MR) is 116 cm³/mol. The molecule has 0 saturated carbocycles. The van der Waals surface area contributed by atoms with E-state index in [1.165, 1.54) is 29.2 Å². The Bertz CT molecular complexity index is 1150. The SMILES string of the molecule is COc1ccc(CN2C(=O)c3c(O)c(Br)cc(N)c3C2c2cc(F)ccc2Cl)cc1. The number of amides is 1. The number of ether oxygens (including phenoxy) is 1. The molecular weight excluding hydrogens is 475 g/mol. The van der Waals surface area contributed by atoms with Crippen molar-refractivity contribution in [2.75, 3.05) is 12.8 Å². The number of nitrogen functional groups attached to an aromatic ring is 1. The van der Waals surface area contributed by atoms with Crippen molar-refractivity contribution in [1.82, 2.24) is 4.90 Å². The smallest absolute Gasteiger partial charge is 0.259 e. The van der Waals surface area contributed by atoms with Crippen LogP contribution in [0.1, 0.15) is 33.1 Å². The highest BCUT2D eigenvalue weighted by Gasteiger charge is 2.42. The van der Waals surface area contributed by atoms with Crippen LogP contribution in [0, 0.1) is 5.82 Å². The Labute approximate surface area is 186 Å². The van der Waals surface area contributed by atoms with Crippen LogP contribution < -0.4 is 10.5 Å². The van der Waals surface area contributed by atoms with Crippen molar-refractivity contribution < 1.29 is 19.0 Å². The molecule has 1 amide bonds. The Hall–Kier alpha value is -2.77. The molecule has 1 heterocycles. The Morgan fingerprint density at radius 3 is 2.60 bits per heavy atom. The minimum absolute atomic E-state index is 0.0840. The summed E-state index contributed by atoms with van der Waals surface area (Å²) in [6, 6.07) is 12.0. The summed E-state index contributed by atoms with van der Waals surface area (Å²) in [7, 11) is 1.57. The zero-order chi connectivity index (χ0) is 21.6. The zero-order valence-electron chi connectivity index (χ0n) is 15.8. The standard InChI is InChI=1S/C22H17BrClFN2O3/c1-30-13-5-2-11(3-6-13)10-27-20(14-8-12(25)4-7-16(14)24)18-17(26)9-15(23)21(28)19(18)22(27)29/h2-9,20,28H,10,26H2,1H3. The first-order chi connectivity index (χ1) is 14.3. The summed E-state index contributed by atoms with van der Waals surface area (Å²) in [5, 5.41) is 10.9. The van der Waals surface area contributed by atoms with Crippen LogP contribution in [0.2, 0.25) is 5.02 Å². The molecule has 1 unspecified atom stereocenters. The van der Waals surface area contributed by atoms with E-state index in [9.17, 15) is 14.3 Å². The lowest BCUT2D eigenvalue weighted by Crippen LogP contribution is -2.28. The van der Waals surface area contributed by atoms with E-state index in [1.807, 2.05) is 12.1 Å². The predicted octanol–water partition coefficient (Wildman–Crippen LogP) is 5.28. The van der Waals surface area contributed by atoms with Gasteiger partial charge in [0.1, 0.15) is 17.3 Å². The molecule has 0 saturated heterocycles. The molecule has 8 heteroatoms. The second-order valence-electron chi connectivity index (χ2n) is 6.93. The molecule has 0 bridgehead atoms. The number of nitrogens with two attached hydrogens (primary N) is 1. The van der Waals surface area contributed by atoms with Gasteiger partial charge in [0.15, 0.2) is 0 Å². The first-order valence-corrected chi connectivity index (χ1v) is 10.2. The number of aromatic hydroxyl groups is 1. The van der Waals surface area contributed by atoms with Gasteiger partial charge in [-0.25, -0.2) is 4.39 Å². The summed E-state index contributed by atoms with van der Waals surface area (Å²) in [4.78, 5) is 14.9. The number of benzene rings is 3. The first-order valence-electron chi connectivity index (χ1n) is 9.01. The van der Waals surface area contributed by atoms with Crippen LogP contribution in [-0.2, 0) is 6.54 Å². The topological polar surface area (TPSA) is 75.8 Å². The number of rotatable bonds is 4. The third-order valence-electron chi connectivity index (χ3n) is 5.15. The molecule has 0 aromatic heterocycles. The van der Waals surface area contributed by atoms with Crippen LogP contribution in [0.3, 0.4) is 0 Å². The summed E-state index contributed by atoms with van der Waals surface area (Å²) in [6.07, 6.45) is 0. The van der Waals surface area contributed by atoms with Crippen molar-refractivity contribution in [3.63, 3.8) is 0 Å². The Morgan fingerprint density at radius 1 is 1.23 bits per heavy atom. The van der Waals surface area contributed by atoms with E-state index in [0.29, 0.717) is 32.1 Å². The van der Waals surface area contributed by atoms with Crippen LogP contribution in [0.4, 0.5) is 10.1 Å². The zero-order valence-corrected chi connectivity index (χ0v) is 18.2. The van der Waals surface area contributed by atoms with E-state index < -0.39 is 17.8 Å². The molecular formula is C22H17BrClFN2O3. The maximum absolute atomic E-state index is 14.1. The van der Waals surface area contributed by atoms with Crippen molar-refractivity contribution >= 4 is 39.1 Å². The average Bonchev–Trinajstić information content (AvgIpc) is 3.01. The Balaban J connectivity index is 1.89. The number of carbonyl (C=O) groups excluding carboxylic acids is 1. The molecule has 5 nitrogen and oxygen atoms in total. The molecule has 0 fully saturated rings. The van der Waals surface area contributed by atoms with Crippen LogP contribution >= 0.6 is 27.5 Å². The minimum atomic E-state index is -0.753. The lowest BCUT2D eigenvalue weighted by molar-refractivity contribution is 0.0734. The molecule has 1 aliphatic heterocycles. The number of hydrogen-bond donors (Lipinski definition) is 2. The number of fused-ring (bicyclic) bond motifs is 1. The van der Waals surface area contributed by atoms with E-state index in [0.717, 1.165) is 5.56 Å². The van der Waals surface area contributed by atoms with E-state index in [1.54, 1.807) is 19.2 Å². The Kier molecular flexibility index (Phi) is 5.34. The van der Waals surface area contributed by atoms with Gasteiger partial charge in [0.2, 0.25) is 0 Å². The lowest BCUT2D eigenvalue weighted by atomic mass is 9.95. The monoisotopic (exact) mass is 490 g/mol. The molecule has 154 valence electrons. The molecule has 3 N–H and O–H groups in total. The van der Waals surface area contributed by atoms with Gasteiger partial charge >= 0.3 is 0 Å². The highest BCUT2D eigenvalue weighted by molar-refractivity contribution is 9.10. The van der Waals surface area contributed by atoms with Crippen molar-refractivity contribution in [3.05, 3.63) is 86.1 Å². The second-order valence-corrected chi connectivity index (χ2v) is 8.20. The first kappa shape index (κ1) is 20.5. The van der Waals surface area contributed by atoms with Crippen LogP contribution in [0.15, 0.2) is 53.0 Å². The molecule has 3 aromatic carbocycles. The number of anilines is 1. The quantitative estimate of drug-likeness (QED) is 0.384. The maximum atomic E-state index is 14.1. The summed E-state index contributed by atoms with van der Waals surface area (Å²) in [5.74, 6) is -0.430. The highest BCUT2D eigenvalue weighted by Crippen LogP contribution is 2.49. The summed E-state index contributed by atoms with van der Waals surface area (Å²) >= 11 is 9.62. The van der Waals surface area contributed by atoms with Gasteiger partial charge in [0.25, 0.3) is 5.91 Å². The van der Waals surface area contributed by atoms with Crippen LogP contribution in [0.25, 0.3) is 0 Å². The van der Waals surface area contributed by atoms with Gasteiger partial charge in [0, 0.05) is 28.4 Å². The maximum Gasteiger partial charge on any atom is 0.259 e. The van der Waals surface area contributed by atoms with Crippen molar-refractivity contribution in [2.24, 2.45) is 0 Å². The fourth-order valence-electron chi connectivity index (χ4n) is 3.74. The van der Waals surface area contributed by atoms with Crippen molar-refractivity contribution in [2.45, 2.75) is 12.6 Å². The summed E-state index contributed by atoms with van der Waals surface area (Å²) in [6.45, 7) is 0.200. The van der Waals surface area contributed by atoms with Crippen LogP contribution in [0.5, 0.6) is 11.5 Å². The number of carbonyl (C=O) groups is 1. The van der Waals surface area contributed by atoms with Gasteiger partial charge in [-0.2, -0.15) is 0 Å². The molecule has 1 aliphatic rings. The number of phenols is 1. The van der Waals surface area contributed by atoms with Crippen molar-refractivity contribution in [1.29, 1.82) is 0 Å². The molecule has 30 heavy (non-hydrogen) atoms. The lowest BCUT2D eigenvalue weighted by Gasteiger charge is -2.27. The molecule has 0 aliphatic carbocycles. The Morgan fingerprint density at radius 2 is 1.93 bits per heavy atom. The van der Waals surface area contributed by atoms with Gasteiger partial charge in [-0.3, -0.25) is 4.79 Å². The average molecular weight is 492 g/mol. The molecule has 4 rings (SSSR count). The highest BCUT2D eigenvalue weighted by atomic mass is 79.9. The number of phenolic OH excluding ortho intramolecular Hbond substituents is 1. The van der Waals surface area contributed by atoms with Crippen LogP contribution in [-0.4, -0.2) is 23.0 Å². The minimum Gasteiger partial charge on any atom is -0.506 e. The molecule has 3 aromatic rings. The number of hydrogen-bond acceptors (Lipinski definition) is 4. The summed E-state index contributed by atoms with van der Waals surface area (Å²) < 4.78 is 19.6. The summed E-state index contributed by atoms with van der Waals surface area (Å²) in [5.41, 5.74) is 8.24. The fraction of sp³-hybridized carbons (Fsp3) is 0.136. The molecule has 1 atom stereocenters. The van der Waals surface area contributed by atoms with Gasteiger partial charge in [-0.15, -0.1) is 0 Å². The number of methoxy groups -OCH3 is 1. The fourth-order valence-corrected chi connectivity index (χ4v) is 4.41. The molecule has 0 radical (unpaired) electrons. The number of halogens is 3.